The summed E-state index contributed by atoms with van der Waals surface area (Å²) in [6, 6.07) is 10.2. The van der Waals surface area contributed by atoms with Crippen molar-refractivity contribution in [3.05, 3.63) is 75.6 Å². The van der Waals surface area contributed by atoms with Crippen molar-refractivity contribution in [2.24, 2.45) is 0 Å². The molecule has 1 aromatic heterocycles. The molecule has 2 aromatic carbocycles. The molecule has 3 aromatic rings. The minimum absolute atomic E-state index is 0.0399. The lowest BCUT2D eigenvalue weighted by atomic mass is 10.1. The van der Waals surface area contributed by atoms with E-state index < -0.39 is 23.0 Å². The maximum Gasteiger partial charge on any atom is 0.343 e. The molecule has 1 heterocycles. The van der Waals surface area contributed by atoms with Crippen LogP contribution in [-0.4, -0.2) is 17.1 Å². The van der Waals surface area contributed by atoms with Crippen LogP contribution >= 0.6 is 0 Å². The first-order valence-corrected chi connectivity index (χ1v) is 9.53. The summed E-state index contributed by atoms with van der Waals surface area (Å²) in [5.41, 5.74) is 0.00706. The van der Waals surface area contributed by atoms with Crippen LogP contribution in [0, 0.1) is 11.6 Å². The van der Waals surface area contributed by atoms with Crippen molar-refractivity contribution in [3.8, 4) is 0 Å². The molecule has 4 rings (SSSR count). The molecule has 0 amide bonds. The predicted molar refractivity (Wildman–Crippen MR) is 106 cm³/mol. The van der Waals surface area contributed by atoms with Gasteiger partial charge in [0.1, 0.15) is 5.56 Å². The van der Waals surface area contributed by atoms with Crippen LogP contribution in [0.1, 0.15) is 41.7 Å². The lowest BCUT2D eigenvalue weighted by Gasteiger charge is -2.17. The van der Waals surface area contributed by atoms with Crippen LogP contribution in [0.4, 0.5) is 14.5 Å². The Labute approximate surface area is 165 Å². The molecule has 5 nitrogen and oxygen atoms in total. The molecule has 1 aliphatic rings. The van der Waals surface area contributed by atoms with Crippen molar-refractivity contribution >= 4 is 22.6 Å². The van der Waals surface area contributed by atoms with Crippen LogP contribution in [0.5, 0.6) is 0 Å². The number of esters is 1. The van der Waals surface area contributed by atoms with Gasteiger partial charge < -0.3 is 14.6 Å². The van der Waals surface area contributed by atoms with Crippen LogP contribution in [0.15, 0.2) is 47.4 Å². The molecule has 0 saturated heterocycles. The van der Waals surface area contributed by atoms with Crippen molar-refractivity contribution < 1.29 is 18.3 Å². The Morgan fingerprint density at radius 3 is 2.62 bits per heavy atom. The summed E-state index contributed by atoms with van der Waals surface area (Å²) >= 11 is 0. The topological polar surface area (TPSA) is 60.3 Å². The molecule has 0 atom stereocenters. The number of nitrogens with zero attached hydrogens (tertiary/aromatic N) is 1. The van der Waals surface area contributed by atoms with Crippen molar-refractivity contribution in [1.29, 1.82) is 0 Å². The van der Waals surface area contributed by atoms with Gasteiger partial charge in [-0.1, -0.05) is 30.3 Å². The Balaban J connectivity index is 1.92. The van der Waals surface area contributed by atoms with Gasteiger partial charge in [-0.05, 0) is 25.3 Å². The number of anilines is 1. The fourth-order valence-electron chi connectivity index (χ4n) is 3.41. The highest BCUT2D eigenvalue weighted by Gasteiger charge is 2.29. The minimum atomic E-state index is -1.14. The fourth-order valence-corrected chi connectivity index (χ4v) is 3.41. The number of fused-ring (bicyclic) bond motifs is 1. The summed E-state index contributed by atoms with van der Waals surface area (Å²) in [4.78, 5) is 25.4. The van der Waals surface area contributed by atoms with E-state index in [1.54, 1.807) is 11.5 Å². The van der Waals surface area contributed by atoms with Gasteiger partial charge >= 0.3 is 5.97 Å². The highest BCUT2D eigenvalue weighted by atomic mass is 19.2. The van der Waals surface area contributed by atoms with Gasteiger partial charge in [-0.2, -0.15) is 0 Å². The molecular formula is C22H20F2N2O3. The van der Waals surface area contributed by atoms with Gasteiger partial charge in [0, 0.05) is 24.8 Å². The average molecular weight is 398 g/mol. The Hall–Kier alpha value is -3.22. The largest absolute Gasteiger partial charge is 0.462 e. The highest BCUT2D eigenvalue weighted by Crippen LogP contribution is 2.39. The molecule has 0 spiro atoms. The van der Waals surface area contributed by atoms with E-state index in [2.05, 4.69) is 5.32 Å². The molecule has 0 unspecified atom stereocenters. The average Bonchev–Trinajstić information content (AvgIpc) is 3.55. The summed E-state index contributed by atoms with van der Waals surface area (Å²) in [7, 11) is 0. The van der Waals surface area contributed by atoms with Gasteiger partial charge in [0.15, 0.2) is 11.6 Å². The van der Waals surface area contributed by atoms with Crippen molar-refractivity contribution in [2.75, 3.05) is 11.9 Å². The number of carbonyl (C=O) groups is 1. The minimum Gasteiger partial charge on any atom is -0.462 e. The third kappa shape index (κ3) is 3.60. The zero-order valence-electron chi connectivity index (χ0n) is 15.9. The third-order valence-electron chi connectivity index (χ3n) is 4.96. The Kier molecular flexibility index (Phi) is 5.05. The first kappa shape index (κ1) is 19.1. The molecule has 0 bridgehead atoms. The highest BCUT2D eigenvalue weighted by molar-refractivity contribution is 5.98. The second-order valence-electron chi connectivity index (χ2n) is 7.01. The lowest BCUT2D eigenvalue weighted by Crippen LogP contribution is -2.22. The van der Waals surface area contributed by atoms with E-state index in [0.717, 1.165) is 24.5 Å². The number of nitrogens with one attached hydrogen (secondary N) is 1. The van der Waals surface area contributed by atoms with E-state index in [1.807, 2.05) is 30.3 Å². The number of benzene rings is 2. The zero-order chi connectivity index (χ0) is 20.5. The molecule has 1 N–H and O–H groups in total. The fraction of sp³-hybridized carbons (Fsp3) is 0.273. The lowest BCUT2D eigenvalue weighted by molar-refractivity contribution is 0.0524. The summed E-state index contributed by atoms with van der Waals surface area (Å²) in [5, 5.41) is 2.81. The molecule has 1 saturated carbocycles. The van der Waals surface area contributed by atoms with Crippen molar-refractivity contribution in [3.63, 3.8) is 0 Å². The van der Waals surface area contributed by atoms with Crippen molar-refractivity contribution in [1.82, 2.24) is 4.57 Å². The SMILES string of the molecule is CCOC(=O)c1cn(C2CC2)c2cc(F)c(F)c(NCc3ccccc3)c2c1=O. The van der Waals surface area contributed by atoms with E-state index in [-0.39, 0.29) is 41.3 Å². The first-order valence-electron chi connectivity index (χ1n) is 9.53. The number of rotatable bonds is 6. The van der Waals surface area contributed by atoms with Gasteiger partial charge in [0.2, 0.25) is 5.43 Å². The monoisotopic (exact) mass is 398 g/mol. The standard InChI is InChI=1S/C22H20F2N2O3/c1-2-29-22(28)15-12-26(14-8-9-14)17-10-16(23)19(24)20(18(17)21(15)27)25-11-13-6-4-3-5-7-13/h3-7,10,12,14,25H,2,8-9,11H2,1H3. The van der Waals surface area contributed by atoms with E-state index in [9.17, 15) is 18.4 Å². The number of pyridine rings is 1. The maximum absolute atomic E-state index is 14.7. The van der Waals surface area contributed by atoms with E-state index in [4.69, 9.17) is 4.74 Å². The summed E-state index contributed by atoms with van der Waals surface area (Å²) < 4.78 is 35.8. The molecule has 0 aliphatic heterocycles. The Morgan fingerprint density at radius 1 is 1.24 bits per heavy atom. The Morgan fingerprint density at radius 2 is 1.97 bits per heavy atom. The number of hydrogen-bond donors (Lipinski definition) is 1. The number of hydrogen-bond acceptors (Lipinski definition) is 4. The van der Waals surface area contributed by atoms with Crippen LogP contribution in [-0.2, 0) is 11.3 Å². The Bertz CT molecular complexity index is 1140. The normalized spacial score (nSPS) is 13.5. The third-order valence-corrected chi connectivity index (χ3v) is 4.96. The van der Waals surface area contributed by atoms with Gasteiger partial charge in [0.05, 0.1) is 23.2 Å². The summed E-state index contributed by atoms with van der Waals surface area (Å²) in [6.07, 6.45) is 3.08. The second-order valence-corrected chi connectivity index (χ2v) is 7.01. The summed E-state index contributed by atoms with van der Waals surface area (Å²) in [5.74, 6) is -2.97. The van der Waals surface area contributed by atoms with Crippen LogP contribution < -0.4 is 10.7 Å². The van der Waals surface area contributed by atoms with Gasteiger partial charge in [-0.25, -0.2) is 13.6 Å². The van der Waals surface area contributed by atoms with Gasteiger partial charge in [-0.3, -0.25) is 4.79 Å². The second kappa shape index (κ2) is 7.66. The zero-order valence-corrected chi connectivity index (χ0v) is 15.9. The molecular weight excluding hydrogens is 378 g/mol. The van der Waals surface area contributed by atoms with Crippen LogP contribution in [0.25, 0.3) is 10.9 Å². The number of ether oxygens (including phenoxy) is 1. The quantitative estimate of drug-likeness (QED) is 0.625. The van der Waals surface area contributed by atoms with Crippen LogP contribution in [0.2, 0.25) is 0 Å². The molecule has 29 heavy (non-hydrogen) atoms. The summed E-state index contributed by atoms with van der Waals surface area (Å²) in [6.45, 7) is 1.94. The molecule has 150 valence electrons. The smallest absolute Gasteiger partial charge is 0.343 e. The maximum atomic E-state index is 14.7. The number of carbonyl (C=O) groups excluding carboxylic acids is 1. The van der Waals surface area contributed by atoms with E-state index >= 15 is 0 Å². The molecule has 1 fully saturated rings. The first-order chi connectivity index (χ1) is 14.0. The van der Waals surface area contributed by atoms with Gasteiger partial charge in [-0.15, -0.1) is 0 Å². The van der Waals surface area contributed by atoms with Crippen LogP contribution in [0.3, 0.4) is 0 Å². The van der Waals surface area contributed by atoms with E-state index in [0.29, 0.717) is 0 Å². The number of halogens is 2. The molecule has 1 aliphatic carbocycles. The van der Waals surface area contributed by atoms with Gasteiger partial charge in [0.25, 0.3) is 0 Å². The van der Waals surface area contributed by atoms with E-state index in [1.165, 1.54) is 6.20 Å². The predicted octanol–water partition coefficient (Wildman–Crippen LogP) is 4.40. The van der Waals surface area contributed by atoms with Crippen molar-refractivity contribution in [2.45, 2.75) is 32.4 Å². The number of aromatic nitrogens is 1. The molecule has 7 heteroatoms. The molecule has 0 radical (unpaired) electrons.